The van der Waals surface area contributed by atoms with Crippen LogP contribution in [0.15, 0.2) is 84.9 Å². The number of hydrogen-bond acceptors (Lipinski definition) is 3. The Morgan fingerprint density at radius 1 is 0.720 bits per heavy atom. The zero-order valence-corrected chi connectivity index (χ0v) is 15.1. The first kappa shape index (κ1) is 17.3. The van der Waals surface area contributed by atoms with Crippen LogP contribution in [0.25, 0.3) is 0 Å². The molecular weight excluding hydrogens is 331 g/mol. The Kier molecular flexibility index (Phi) is 5.57. The van der Waals surface area contributed by atoms with Crippen LogP contribution in [0.4, 0.5) is 0 Å². The molecule has 0 N–H and O–H groups in total. The summed E-state index contributed by atoms with van der Waals surface area (Å²) < 4.78 is 25.6. The van der Waals surface area contributed by atoms with Crippen molar-refractivity contribution < 1.29 is 13.6 Å². The van der Waals surface area contributed by atoms with E-state index >= 15 is 0 Å². The SMILES string of the molecule is CCCc1ccccc1P(=O)(Oc1ccccc1)Oc1ccccc1. The Labute approximate surface area is 148 Å². The second-order valence-electron chi connectivity index (χ2n) is 5.68. The van der Waals surface area contributed by atoms with E-state index in [9.17, 15) is 4.57 Å². The summed E-state index contributed by atoms with van der Waals surface area (Å²) in [7, 11) is -3.58. The van der Waals surface area contributed by atoms with E-state index in [1.54, 1.807) is 24.3 Å². The van der Waals surface area contributed by atoms with Gasteiger partial charge >= 0.3 is 7.60 Å². The van der Waals surface area contributed by atoms with Crippen molar-refractivity contribution in [3.05, 3.63) is 90.5 Å². The third-order valence-electron chi connectivity index (χ3n) is 3.74. The molecule has 3 nitrogen and oxygen atoms in total. The molecule has 0 aliphatic heterocycles. The van der Waals surface area contributed by atoms with Gasteiger partial charge in [-0.3, -0.25) is 0 Å². The van der Waals surface area contributed by atoms with E-state index in [0.717, 1.165) is 18.4 Å². The van der Waals surface area contributed by atoms with Crippen LogP contribution in [0.2, 0.25) is 0 Å². The maximum absolute atomic E-state index is 13.8. The molecular formula is C21H21O3P. The first-order valence-electron chi connectivity index (χ1n) is 8.39. The summed E-state index contributed by atoms with van der Waals surface area (Å²) in [6, 6.07) is 25.9. The predicted octanol–water partition coefficient (Wildman–Crippen LogP) is 5.62. The standard InChI is InChI=1S/C21H21O3P/c1-2-11-18-12-9-10-17-21(18)25(22,23-19-13-5-3-6-14-19)24-20-15-7-4-8-16-20/h3-10,12-17H,2,11H2,1H3. The van der Waals surface area contributed by atoms with E-state index < -0.39 is 7.60 Å². The van der Waals surface area contributed by atoms with E-state index in [4.69, 9.17) is 9.05 Å². The maximum atomic E-state index is 13.8. The van der Waals surface area contributed by atoms with Gasteiger partial charge in [0.25, 0.3) is 0 Å². The van der Waals surface area contributed by atoms with Crippen LogP contribution in [-0.4, -0.2) is 0 Å². The molecule has 0 unspecified atom stereocenters. The molecule has 0 bridgehead atoms. The summed E-state index contributed by atoms with van der Waals surface area (Å²) in [4.78, 5) is 0. The third-order valence-corrected chi connectivity index (χ3v) is 5.67. The zero-order chi connectivity index (χ0) is 17.5. The third kappa shape index (κ3) is 4.32. The first-order chi connectivity index (χ1) is 12.2. The van der Waals surface area contributed by atoms with Crippen molar-refractivity contribution in [2.75, 3.05) is 0 Å². The van der Waals surface area contributed by atoms with Gasteiger partial charge in [-0.05, 0) is 42.3 Å². The molecule has 3 rings (SSSR count). The topological polar surface area (TPSA) is 35.5 Å². The molecule has 3 aromatic rings. The van der Waals surface area contributed by atoms with Gasteiger partial charge in [-0.2, -0.15) is 0 Å². The van der Waals surface area contributed by atoms with Crippen LogP contribution in [0.3, 0.4) is 0 Å². The average molecular weight is 352 g/mol. The van der Waals surface area contributed by atoms with Crippen molar-refractivity contribution >= 4 is 12.9 Å². The number of hydrogen-bond donors (Lipinski definition) is 0. The van der Waals surface area contributed by atoms with Gasteiger partial charge in [-0.1, -0.05) is 67.9 Å². The fourth-order valence-electron chi connectivity index (χ4n) is 2.62. The van der Waals surface area contributed by atoms with E-state index in [1.165, 1.54) is 0 Å². The minimum absolute atomic E-state index is 0.521. The van der Waals surface area contributed by atoms with E-state index in [2.05, 4.69) is 6.92 Å². The molecule has 0 radical (unpaired) electrons. The van der Waals surface area contributed by atoms with E-state index in [1.807, 2.05) is 60.7 Å². The van der Waals surface area contributed by atoms with Crippen molar-refractivity contribution in [1.82, 2.24) is 0 Å². The van der Waals surface area contributed by atoms with Crippen molar-refractivity contribution in [2.45, 2.75) is 19.8 Å². The van der Waals surface area contributed by atoms with Gasteiger partial charge in [-0.25, -0.2) is 4.57 Å². The maximum Gasteiger partial charge on any atom is 0.463 e. The molecule has 3 aromatic carbocycles. The molecule has 0 amide bonds. The fraction of sp³-hybridized carbons (Fsp3) is 0.143. The lowest BCUT2D eigenvalue weighted by molar-refractivity contribution is 0.399. The van der Waals surface area contributed by atoms with Crippen molar-refractivity contribution in [2.24, 2.45) is 0 Å². The molecule has 128 valence electrons. The summed E-state index contributed by atoms with van der Waals surface area (Å²) in [5.41, 5.74) is 0.986. The molecule has 4 heteroatoms. The van der Waals surface area contributed by atoms with Gasteiger partial charge in [0.15, 0.2) is 0 Å². The highest BCUT2D eigenvalue weighted by Crippen LogP contribution is 2.48. The Hall–Kier alpha value is -2.51. The Bertz CT molecular complexity index is 802. The minimum Gasteiger partial charge on any atom is -0.413 e. The number of benzene rings is 3. The van der Waals surface area contributed by atoms with Crippen LogP contribution >= 0.6 is 7.60 Å². The molecule has 25 heavy (non-hydrogen) atoms. The van der Waals surface area contributed by atoms with Crippen molar-refractivity contribution in [1.29, 1.82) is 0 Å². The second kappa shape index (κ2) is 8.04. The number of aryl methyl sites for hydroxylation is 1. The molecule has 0 fully saturated rings. The lowest BCUT2D eigenvalue weighted by atomic mass is 10.1. The summed E-state index contributed by atoms with van der Waals surface area (Å²) in [6.07, 6.45) is 1.77. The molecule has 0 atom stereocenters. The zero-order valence-electron chi connectivity index (χ0n) is 14.2. The molecule has 0 saturated heterocycles. The first-order valence-corrected chi connectivity index (χ1v) is 9.93. The van der Waals surface area contributed by atoms with Gasteiger partial charge < -0.3 is 9.05 Å². The van der Waals surface area contributed by atoms with E-state index in [0.29, 0.717) is 16.8 Å². The summed E-state index contributed by atoms with van der Waals surface area (Å²) in [6.45, 7) is 2.10. The summed E-state index contributed by atoms with van der Waals surface area (Å²) >= 11 is 0. The Balaban J connectivity index is 2.04. The van der Waals surface area contributed by atoms with Crippen LogP contribution in [-0.2, 0) is 11.0 Å². The molecule has 0 spiro atoms. The normalized spacial score (nSPS) is 11.1. The largest absolute Gasteiger partial charge is 0.463 e. The molecule has 0 aliphatic rings. The Morgan fingerprint density at radius 2 is 1.20 bits per heavy atom. The van der Waals surface area contributed by atoms with Gasteiger partial charge in [0.2, 0.25) is 0 Å². The molecule has 0 heterocycles. The lowest BCUT2D eigenvalue weighted by Crippen LogP contribution is -2.19. The minimum atomic E-state index is -3.58. The quantitative estimate of drug-likeness (QED) is 0.518. The number of para-hydroxylation sites is 2. The van der Waals surface area contributed by atoms with Gasteiger partial charge in [0.05, 0.1) is 5.30 Å². The lowest BCUT2D eigenvalue weighted by Gasteiger charge is -2.22. The fourth-order valence-corrected chi connectivity index (χ4v) is 4.46. The molecule has 0 aliphatic carbocycles. The van der Waals surface area contributed by atoms with E-state index in [-0.39, 0.29) is 0 Å². The van der Waals surface area contributed by atoms with Gasteiger partial charge in [0, 0.05) is 0 Å². The molecule has 0 saturated carbocycles. The monoisotopic (exact) mass is 352 g/mol. The molecule has 0 aromatic heterocycles. The van der Waals surface area contributed by atoms with Gasteiger partial charge in [0.1, 0.15) is 11.5 Å². The summed E-state index contributed by atoms with van der Waals surface area (Å²) in [5.74, 6) is 1.04. The summed E-state index contributed by atoms with van der Waals surface area (Å²) in [5, 5.41) is 0.615. The van der Waals surface area contributed by atoms with Crippen molar-refractivity contribution in [3.8, 4) is 11.5 Å². The van der Waals surface area contributed by atoms with Crippen molar-refractivity contribution in [3.63, 3.8) is 0 Å². The predicted molar refractivity (Wildman–Crippen MR) is 102 cm³/mol. The van der Waals surface area contributed by atoms with Gasteiger partial charge in [-0.15, -0.1) is 0 Å². The van der Waals surface area contributed by atoms with Crippen LogP contribution in [0.1, 0.15) is 18.9 Å². The van der Waals surface area contributed by atoms with Crippen LogP contribution in [0.5, 0.6) is 11.5 Å². The highest BCUT2D eigenvalue weighted by molar-refractivity contribution is 7.63. The van der Waals surface area contributed by atoms with Crippen LogP contribution < -0.4 is 14.4 Å². The highest BCUT2D eigenvalue weighted by Gasteiger charge is 2.33. The second-order valence-corrected chi connectivity index (χ2v) is 7.53. The Morgan fingerprint density at radius 3 is 1.72 bits per heavy atom. The highest BCUT2D eigenvalue weighted by atomic mass is 31.2. The number of rotatable bonds is 7. The smallest absolute Gasteiger partial charge is 0.413 e. The average Bonchev–Trinajstić information content (AvgIpc) is 2.64. The van der Waals surface area contributed by atoms with Crippen LogP contribution in [0, 0.1) is 0 Å².